The minimum absolute atomic E-state index is 0.229. The van der Waals surface area contributed by atoms with Crippen molar-refractivity contribution in [3.05, 3.63) is 35.9 Å². The van der Waals surface area contributed by atoms with E-state index in [4.69, 9.17) is 0 Å². The van der Waals surface area contributed by atoms with Gasteiger partial charge < -0.3 is 10.0 Å². The van der Waals surface area contributed by atoms with Gasteiger partial charge in [-0.1, -0.05) is 37.3 Å². The highest BCUT2D eigenvalue weighted by atomic mass is 16.3. The molecule has 0 aliphatic carbocycles. The summed E-state index contributed by atoms with van der Waals surface area (Å²) in [6.07, 6.45) is 1.80. The molecule has 1 aliphatic heterocycles. The van der Waals surface area contributed by atoms with Crippen molar-refractivity contribution in [3.8, 4) is 0 Å². The summed E-state index contributed by atoms with van der Waals surface area (Å²) in [5.74, 6) is 0. The summed E-state index contributed by atoms with van der Waals surface area (Å²) in [4.78, 5) is 4.74. The molecule has 1 aliphatic rings. The van der Waals surface area contributed by atoms with Crippen LogP contribution in [0.3, 0.4) is 0 Å². The van der Waals surface area contributed by atoms with Crippen molar-refractivity contribution in [2.24, 2.45) is 0 Å². The third kappa shape index (κ3) is 3.35. The van der Waals surface area contributed by atoms with Crippen molar-refractivity contribution in [1.82, 2.24) is 9.80 Å². The van der Waals surface area contributed by atoms with Gasteiger partial charge in [0, 0.05) is 25.2 Å². The molecule has 3 atom stereocenters. The van der Waals surface area contributed by atoms with Crippen LogP contribution in [0.1, 0.15) is 31.4 Å². The molecule has 3 heteroatoms. The molecule has 0 bridgehead atoms. The maximum Gasteiger partial charge on any atom is 0.0945 e. The predicted octanol–water partition coefficient (Wildman–Crippen LogP) is 2.13. The molecule has 3 nitrogen and oxygen atoms in total. The van der Waals surface area contributed by atoms with Gasteiger partial charge in [-0.3, -0.25) is 4.90 Å². The molecule has 1 heterocycles. The van der Waals surface area contributed by atoms with E-state index in [1.54, 1.807) is 0 Å². The van der Waals surface area contributed by atoms with Crippen molar-refractivity contribution in [2.45, 2.75) is 38.0 Å². The quantitative estimate of drug-likeness (QED) is 0.880. The van der Waals surface area contributed by atoms with Gasteiger partial charge in [0.15, 0.2) is 0 Å². The van der Waals surface area contributed by atoms with Gasteiger partial charge in [0.25, 0.3) is 0 Å². The van der Waals surface area contributed by atoms with Crippen LogP contribution in [-0.2, 0) is 0 Å². The summed E-state index contributed by atoms with van der Waals surface area (Å²) < 4.78 is 0. The van der Waals surface area contributed by atoms with Gasteiger partial charge in [-0.25, -0.2) is 0 Å². The lowest BCUT2D eigenvalue weighted by atomic mass is 9.99. The SMILES string of the molecule is CCC(C(O)c1ccccc1)N1CCC(N(C)C)C1. The lowest BCUT2D eigenvalue weighted by molar-refractivity contribution is 0.0556. The number of hydrogen-bond donors (Lipinski definition) is 1. The fourth-order valence-corrected chi connectivity index (χ4v) is 3.04. The van der Waals surface area contributed by atoms with E-state index in [0.717, 1.165) is 25.1 Å². The maximum absolute atomic E-state index is 10.6. The molecule has 1 saturated heterocycles. The number of hydrogen-bond acceptors (Lipinski definition) is 3. The van der Waals surface area contributed by atoms with Crippen LogP contribution in [0.2, 0.25) is 0 Å². The molecule has 0 spiro atoms. The van der Waals surface area contributed by atoms with Crippen LogP contribution in [0.25, 0.3) is 0 Å². The first-order valence-electron chi connectivity index (χ1n) is 7.27. The fourth-order valence-electron chi connectivity index (χ4n) is 3.04. The predicted molar refractivity (Wildman–Crippen MR) is 79.1 cm³/mol. The Morgan fingerprint density at radius 3 is 2.53 bits per heavy atom. The fraction of sp³-hybridized carbons (Fsp3) is 0.625. The van der Waals surface area contributed by atoms with Crippen LogP contribution in [0.4, 0.5) is 0 Å². The summed E-state index contributed by atoms with van der Waals surface area (Å²) in [5, 5.41) is 10.6. The standard InChI is InChI=1S/C16H26N2O/c1-4-15(16(19)13-8-6-5-7-9-13)18-11-10-14(12-18)17(2)3/h5-9,14-16,19H,4,10-12H2,1-3H3. The Hall–Kier alpha value is -0.900. The van der Waals surface area contributed by atoms with Gasteiger partial charge >= 0.3 is 0 Å². The van der Waals surface area contributed by atoms with Gasteiger partial charge in [0.05, 0.1) is 6.10 Å². The number of aliphatic hydroxyl groups is 1. The van der Waals surface area contributed by atoms with Gasteiger partial charge in [-0.2, -0.15) is 0 Å². The zero-order valence-electron chi connectivity index (χ0n) is 12.3. The Kier molecular flexibility index (Phi) is 4.97. The molecular formula is C16H26N2O. The third-order valence-electron chi connectivity index (χ3n) is 4.32. The zero-order chi connectivity index (χ0) is 13.8. The molecule has 1 fully saturated rings. The second-order valence-electron chi connectivity index (χ2n) is 5.73. The summed E-state index contributed by atoms with van der Waals surface area (Å²) in [5.41, 5.74) is 1.03. The number of aliphatic hydroxyl groups excluding tert-OH is 1. The zero-order valence-corrected chi connectivity index (χ0v) is 12.3. The van der Waals surface area contributed by atoms with E-state index >= 15 is 0 Å². The summed E-state index contributed by atoms with van der Waals surface area (Å²) >= 11 is 0. The highest BCUT2D eigenvalue weighted by Gasteiger charge is 2.32. The summed E-state index contributed by atoms with van der Waals surface area (Å²) in [6.45, 7) is 4.32. The van der Waals surface area contributed by atoms with E-state index in [0.29, 0.717) is 6.04 Å². The van der Waals surface area contributed by atoms with Crippen LogP contribution < -0.4 is 0 Å². The molecule has 106 valence electrons. The van der Waals surface area contributed by atoms with E-state index in [2.05, 4.69) is 30.8 Å². The summed E-state index contributed by atoms with van der Waals surface area (Å²) in [6, 6.07) is 10.9. The van der Waals surface area contributed by atoms with Crippen molar-refractivity contribution in [3.63, 3.8) is 0 Å². The normalized spacial score (nSPS) is 23.7. The lowest BCUT2D eigenvalue weighted by Crippen LogP contribution is -2.40. The van der Waals surface area contributed by atoms with Gasteiger partial charge in [-0.05, 0) is 32.5 Å². The smallest absolute Gasteiger partial charge is 0.0945 e. The number of benzene rings is 1. The molecular weight excluding hydrogens is 236 g/mol. The summed E-state index contributed by atoms with van der Waals surface area (Å²) in [7, 11) is 4.28. The Bertz CT molecular complexity index is 380. The Morgan fingerprint density at radius 2 is 2.00 bits per heavy atom. The van der Waals surface area contributed by atoms with Crippen LogP contribution in [-0.4, -0.2) is 54.2 Å². The van der Waals surface area contributed by atoms with Crippen molar-refractivity contribution >= 4 is 0 Å². The third-order valence-corrected chi connectivity index (χ3v) is 4.32. The average molecular weight is 262 g/mol. The molecule has 0 aromatic heterocycles. The van der Waals surface area contributed by atoms with E-state index in [-0.39, 0.29) is 12.1 Å². The second kappa shape index (κ2) is 6.51. The van der Waals surface area contributed by atoms with Crippen molar-refractivity contribution < 1.29 is 5.11 Å². The Labute approximate surface area is 116 Å². The van der Waals surface area contributed by atoms with E-state index in [1.165, 1.54) is 6.42 Å². The van der Waals surface area contributed by atoms with Crippen LogP contribution >= 0.6 is 0 Å². The average Bonchev–Trinajstić information content (AvgIpc) is 2.90. The molecule has 1 N–H and O–H groups in total. The van der Waals surface area contributed by atoms with E-state index in [1.807, 2.05) is 30.3 Å². The molecule has 3 unspecified atom stereocenters. The minimum Gasteiger partial charge on any atom is -0.387 e. The molecule has 19 heavy (non-hydrogen) atoms. The van der Waals surface area contributed by atoms with Gasteiger partial charge in [-0.15, -0.1) is 0 Å². The largest absolute Gasteiger partial charge is 0.387 e. The number of likely N-dealkylation sites (tertiary alicyclic amines) is 1. The molecule has 1 aromatic rings. The van der Waals surface area contributed by atoms with Crippen LogP contribution in [0, 0.1) is 0 Å². The lowest BCUT2D eigenvalue weighted by Gasteiger charge is -2.32. The maximum atomic E-state index is 10.6. The topological polar surface area (TPSA) is 26.7 Å². The first-order valence-corrected chi connectivity index (χ1v) is 7.27. The first kappa shape index (κ1) is 14.5. The van der Waals surface area contributed by atoms with Gasteiger partial charge in [0.2, 0.25) is 0 Å². The molecule has 2 rings (SSSR count). The van der Waals surface area contributed by atoms with E-state index < -0.39 is 0 Å². The minimum atomic E-state index is -0.382. The Morgan fingerprint density at radius 1 is 1.32 bits per heavy atom. The molecule has 0 amide bonds. The van der Waals surface area contributed by atoms with Crippen molar-refractivity contribution in [1.29, 1.82) is 0 Å². The first-order chi connectivity index (χ1) is 9.13. The van der Waals surface area contributed by atoms with Gasteiger partial charge in [0.1, 0.15) is 0 Å². The number of nitrogens with zero attached hydrogens (tertiary/aromatic N) is 2. The highest BCUT2D eigenvalue weighted by molar-refractivity contribution is 5.19. The van der Waals surface area contributed by atoms with Crippen LogP contribution in [0.15, 0.2) is 30.3 Å². The van der Waals surface area contributed by atoms with E-state index in [9.17, 15) is 5.11 Å². The van der Waals surface area contributed by atoms with Crippen molar-refractivity contribution in [2.75, 3.05) is 27.2 Å². The van der Waals surface area contributed by atoms with Crippen LogP contribution in [0.5, 0.6) is 0 Å². The number of rotatable bonds is 5. The number of likely N-dealkylation sites (N-methyl/N-ethyl adjacent to an activating group) is 1. The highest BCUT2D eigenvalue weighted by Crippen LogP contribution is 2.27. The molecule has 0 saturated carbocycles. The molecule has 0 radical (unpaired) electrons. The Balaban J connectivity index is 2.04. The molecule has 1 aromatic carbocycles. The second-order valence-corrected chi connectivity index (χ2v) is 5.73. The monoisotopic (exact) mass is 262 g/mol.